The maximum atomic E-state index is 9.19. The van der Waals surface area contributed by atoms with Crippen molar-refractivity contribution in [2.24, 2.45) is 0 Å². The van der Waals surface area contributed by atoms with Gasteiger partial charge in [0.05, 0.1) is 13.7 Å². The Morgan fingerprint density at radius 3 is 2.74 bits per heavy atom. The minimum atomic E-state index is 0.211. The normalized spacial score (nSPS) is 19.0. The molecule has 1 aliphatic rings. The number of rotatable bonds is 7. The highest BCUT2D eigenvalue weighted by atomic mass is 16.5. The summed E-state index contributed by atoms with van der Waals surface area (Å²) in [7, 11) is 1.68. The summed E-state index contributed by atoms with van der Waals surface area (Å²) < 4.78 is 5.17. The fourth-order valence-corrected chi connectivity index (χ4v) is 2.59. The molecule has 0 bridgehead atoms. The van der Waals surface area contributed by atoms with Crippen LogP contribution in [0.2, 0.25) is 0 Å². The van der Waals surface area contributed by atoms with Gasteiger partial charge in [0.2, 0.25) is 0 Å². The van der Waals surface area contributed by atoms with E-state index in [2.05, 4.69) is 22.3 Å². The molecule has 1 aliphatic heterocycles. The van der Waals surface area contributed by atoms with Crippen LogP contribution in [-0.4, -0.2) is 49.4 Å². The number of nitrogens with one attached hydrogen (secondary N) is 1. The minimum absolute atomic E-state index is 0.211. The number of hydrogen-bond acceptors (Lipinski definition) is 4. The van der Waals surface area contributed by atoms with Gasteiger partial charge in [-0.25, -0.2) is 0 Å². The number of benzene rings is 1. The van der Waals surface area contributed by atoms with E-state index in [1.165, 1.54) is 18.4 Å². The smallest absolute Gasteiger partial charge is 0.118 e. The maximum absolute atomic E-state index is 9.19. The molecule has 106 valence electrons. The van der Waals surface area contributed by atoms with E-state index in [-0.39, 0.29) is 6.61 Å². The van der Waals surface area contributed by atoms with Crippen molar-refractivity contribution >= 4 is 0 Å². The van der Waals surface area contributed by atoms with Crippen molar-refractivity contribution in [2.45, 2.75) is 25.4 Å². The lowest BCUT2D eigenvalue weighted by atomic mass is 10.1. The van der Waals surface area contributed by atoms with E-state index < -0.39 is 0 Å². The molecule has 0 spiro atoms. The molecule has 2 N–H and O–H groups in total. The lowest BCUT2D eigenvalue weighted by Crippen LogP contribution is -2.38. The number of aliphatic hydroxyl groups is 1. The first-order valence-corrected chi connectivity index (χ1v) is 7.01. The summed E-state index contributed by atoms with van der Waals surface area (Å²) in [6, 6.07) is 8.72. The molecule has 2 rings (SSSR count). The van der Waals surface area contributed by atoms with Gasteiger partial charge in [-0.1, -0.05) is 12.1 Å². The van der Waals surface area contributed by atoms with Gasteiger partial charge in [-0.15, -0.1) is 0 Å². The molecule has 0 radical (unpaired) electrons. The Labute approximate surface area is 115 Å². The van der Waals surface area contributed by atoms with Crippen LogP contribution in [0.1, 0.15) is 18.4 Å². The van der Waals surface area contributed by atoms with Crippen molar-refractivity contribution in [1.82, 2.24) is 10.2 Å². The highest BCUT2D eigenvalue weighted by Gasteiger charge is 2.17. The van der Waals surface area contributed by atoms with Crippen molar-refractivity contribution in [3.05, 3.63) is 29.8 Å². The first kappa shape index (κ1) is 14.3. The second-order valence-corrected chi connectivity index (χ2v) is 5.10. The Kier molecular flexibility index (Phi) is 5.63. The van der Waals surface area contributed by atoms with Gasteiger partial charge < -0.3 is 15.2 Å². The lowest BCUT2D eigenvalue weighted by molar-refractivity contribution is 0.179. The number of aliphatic hydroxyl groups excluding tert-OH is 1. The summed E-state index contributed by atoms with van der Waals surface area (Å²) in [4.78, 5) is 2.31. The quantitative estimate of drug-likeness (QED) is 0.778. The van der Waals surface area contributed by atoms with Crippen LogP contribution < -0.4 is 10.1 Å². The molecule has 0 aromatic heterocycles. The van der Waals surface area contributed by atoms with E-state index in [1.807, 2.05) is 12.1 Å². The number of ether oxygens (including phenoxy) is 1. The van der Waals surface area contributed by atoms with Gasteiger partial charge in [-0.2, -0.15) is 0 Å². The maximum Gasteiger partial charge on any atom is 0.118 e. The van der Waals surface area contributed by atoms with Gasteiger partial charge in [0, 0.05) is 25.7 Å². The summed E-state index contributed by atoms with van der Waals surface area (Å²) in [6.07, 6.45) is 2.50. The third-order valence-corrected chi connectivity index (χ3v) is 3.62. The summed E-state index contributed by atoms with van der Waals surface area (Å²) >= 11 is 0. The zero-order valence-electron chi connectivity index (χ0n) is 11.6. The molecular weight excluding hydrogens is 240 g/mol. The van der Waals surface area contributed by atoms with Crippen LogP contribution >= 0.6 is 0 Å². The van der Waals surface area contributed by atoms with Crippen molar-refractivity contribution in [1.29, 1.82) is 0 Å². The average molecular weight is 264 g/mol. The first-order chi connectivity index (χ1) is 9.31. The molecule has 19 heavy (non-hydrogen) atoms. The summed E-state index contributed by atoms with van der Waals surface area (Å²) in [6.45, 7) is 3.95. The van der Waals surface area contributed by atoms with Crippen LogP contribution in [0.3, 0.4) is 0 Å². The Morgan fingerprint density at radius 2 is 2.16 bits per heavy atom. The average Bonchev–Trinajstić information content (AvgIpc) is 2.93. The molecule has 4 heteroatoms. The third-order valence-electron chi connectivity index (χ3n) is 3.62. The van der Waals surface area contributed by atoms with Crippen molar-refractivity contribution < 1.29 is 9.84 Å². The molecule has 1 fully saturated rings. The summed E-state index contributed by atoms with van der Waals surface area (Å²) in [5.41, 5.74) is 1.26. The predicted octanol–water partition coefficient (Wildman–Crippen LogP) is 1.24. The molecule has 4 nitrogen and oxygen atoms in total. The Hall–Kier alpha value is -1.10. The van der Waals surface area contributed by atoms with Crippen LogP contribution in [0, 0.1) is 0 Å². The summed E-state index contributed by atoms with van der Waals surface area (Å²) in [5, 5.41) is 12.7. The van der Waals surface area contributed by atoms with E-state index in [0.29, 0.717) is 6.04 Å². The Morgan fingerprint density at radius 1 is 1.37 bits per heavy atom. The largest absolute Gasteiger partial charge is 0.497 e. The third kappa shape index (κ3) is 4.49. The monoisotopic (exact) mass is 264 g/mol. The molecule has 1 aromatic rings. The highest BCUT2D eigenvalue weighted by molar-refractivity contribution is 5.27. The van der Waals surface area contributed by atoms with E-state index in [1.54, 1.807) is 7.11 Å². The van der Waals surface area contributed by atoms with Crippen molar-refractivity contribution in [2.75, 3.05) is 33.4 Å². The summed E-state index contributed by atoms with van der Waals surface area (Å²) in [5.74, 6) is 0.884. The predicted molar refractivity (Wildman–Crippen MR) is 76.4 cm³/mol. The number of methoxy groups -OCH3 is 1. The fraction of sp³-hybridized carbons (Fsp3) is 0.600. The molecule has 0 amide bonds. The van der Waals surface area contributed by atoms with E-state index in [9.17, 15) is 5.11 Å². The van der Waals surface area contributed by atoms with Crippen LogP contribution in [0.15, 0.2) is 24.3 Å². The Balaban J connectivity index is 1.90. The van der Waals surface area contributed by atoms with Crippen molar-refractivity contribution in [3.8, 4) is 5.75 Å². The van der Waals surface area contributed by atoms with Crippen LogP contribution in [0.5, 0.6) is 5.75 Å². The van der Waals surface area contributed by atoms with Gasteiger partial charge in [-0.05, 0) is 37.1 Å². The molecule has 1 unspecified atom stereocenters. The lowest BCUT2D eigenvalue weighted by Gasteiger charge is -2.25. The van der Waals surface area contributed by atoms with Gasteiger partial charge in [0.15, 0.2) is 0 Å². The van der Waals surface area contributed by atoms with Crippen LogP contribution in [0.4, 0.5) is 0 Å². The fourth-order valence-electron chi connectivity index (χ4n) is 2.59. The second kappa shape index (κ2) is 7.48. The van der Waals surface area contributed by atoms with Crippen LogP contribution in [0.25, 0.3) is 0 Å². The van der Waals surface area contributed by atoms with Crippen LogP contribution in [-0.2, 0) is 6.54 Å². The minimum Gasteiger partial charge on any atom is -0.497 e. The molecule has 1 heterocycles. The highest BCUT2D eigenvalue weighted by Crippen LogP contribution is 2.14. The van der Waals surface area contributed by atoms with Gasteiger partial charge in [0.1, 0.15) is 5.75 Å². The van der Waals surface area contributed by atoms with E-state index >= 15 is 0 Å². The van der Waals surface area contributed by atoms with Gasteiger partial charge >= 0.3 is 0 Å². The molecule has 0 saturated carbocycles. The SMILES string of the molecule is COc1ccc(CN(CCO)CC2CCCN2)cc1. The molecule has 1 saturated heterocycles. The molecule has 1 aromatic carbocycles. The number of nitrogens with zero attached hydrogens (tertiary/aromatic N) is 1. The van der Waals surface area contributed by atoms with E-state index in [4.69, 9.17) is 4.74 Å². The first-order valence-electron chi connectivity index (χ1n) is 7.01. The Bertz CT molecular complexity index is 361. The number of hydrogen-bond donors (Lipinski definition) is 2. The second-order valence-electron chi connectivity index (χ2n) is 5.10. The molecular formula is C15H24N2O2. The molecule has 1 atom stereocenters. The van der Waals surface area contributed by atoms with Gasteiger partial charge in [0.25, 0.3) is 0 Å². The standard InChI is InChI=1S/C15H24N2O2/c1-19-15-6-4-13(5-7-15)11-17(9-10-18)12-14-3-2-8-16-14/h4-7,14,16,18H,2-3,8-12H2,1H3. The topological polar surface area (TPSA) is 44.7 Å². The molecule has 0 aliphatic carbocycles. The van der Waals surface area contributed by atoms with Gasteiger partial charge in [-0.3, -0.25) is 4.90 Å². The van der Waals surface area contributed by atoms with Crippen molar-refractivity contribution in [3.63, 3.8) is 0 Å². The zero-order valence-corrected chi connectivity index (χ0v) is 11.6. The van der Waals surface area contributed by atoms with E-state index in [0.717, 1.165) is 31.9 Å². The zero-order chi connectivity index (χ0) is 13.5.